The SMILES string of the molecule is OC[C@H]1O[C@@H](n2cnc3c2nc(=S)n2c(-c4ccc(F)cc4)n[nH]c32)[C@H](O)[C@@H]1O. The van der Waals surface area contributed by atoms with E-state index in [9.17, 15) is 19.7 Å². The molecule has 4 N–H and O–H groups in total. The van der Waals surface area contributed by atoms with Crippen LogP contribution in [0.3, 0.4) is 0 Å². The fourth-order valence-corrected chi connectivity index (χ4v) is 3.78. The summed E-state index contributed by atoms with van der Waals surface area (Å²) in [6.07, 6.45) is -3.03. The van der Waals surface area contributed by atoms with Gasteiger partial charge in [0, 0.05) is 5.56 Å². The van der Waals surface area contributed by atoms with Gasteiger partial charge in [-0.2, -0.15) is 10.1 Å². The van der Waals surface area contributed by atoms with Crippen LogP contribution in [0.4, 0.5) is 4.39 Å². The van der Waals surface area contributed by atoms with Gasteiger partial charge in [-0.25, -0.2) is 13.8 Å². The second-order valence-electron chi connectivity index (χ2n) is 6.69. The molecular weight excluding hydrogens is 403 g/mol. The first-order valence-electron chi connectivity index (χ1n) is 8.71. The van der Waals surface area contributed by atoms with Crippen LogP contribution in [0.5, 0.6) is 0 Å². The van der Waals surface area contributed by atoms with Gasteiger partial charge in [-0.3, -0.25) is 9.67 Å². The number of rotatable bonds is 3. The number of aliphatic hydroxyl groups is 3. The summed E-state index contributed by atoms with van der Waals surface area (Å²) < 4.78 is 22.0. The normalized spacial score (nSPS) is 24.7. The van der Waals surface area contributed by atoms with E-state index in [4.69, 9.17) is 17.0 Å². The van der Waals surface area contributed by atoms with E-state index in [1.54, 1.807) is 16.5 Å². The maximum atomic E-state index is 13.2. The van der Waals surface area contributed by atoms with E-state index in [-0.39, 0.29) is 10.6 Å². The van der Waals surface area contributed by atoms with E-state index in [1.807, 2.05) is 0 Å². The predicted molar refractivity (Wildman–Crippen MR) is 99.9 cm³/mol. The summed E-state index contributed by atoms with van der Waals surface area (Å²) in [7, 11) is 0. The van der Waals surface area contributed by atoms with Crippen LogP contribution >= 0.6 is 12.2 Å². The Balaban J connectivity index is 1.67. The molecule has 0 unspecified atom stereocenters. The number of halogens is 1. The summed E-state index contributed by atoms with van der Waals surface area (Å²) in [5, 5.41) is 36.8. The van der Waals surface area contributed by atoms with Gasteiger partial charge in [0.15, 0.2) is 28.9 Å². The zero-order valence-corrected chi connectivity index (χ0v) is 15.5. The van der Waals surface area contributed by atoms with Crippen LogP contribution < -0.4 is 0 Å². The molecule has 4 heterocycles. The number of benzene rings is 1. The van der Waals surface area contributed by atoms with Crippen molar-refractivity contribution in [1.82, 2.24) is 29.1 Å². The largest absolute Gasteiger partial charge is 0.394 e. The summed E-state index contributed by atoms with van der Waals surface area (Å²) in [5.74, 6) is 0.0804. The molecule has 0 radical (unpaired) electrons. The zero-order valence-electron chi connectivity index (χ0n) is 14.7. The van der Waals surface area contributed by atoms with E-state index in [0.29, 0.717) is 28.2 Å². The van der Waals surface area contributed by atoms with Gasteiger partial charge in [0.2, 0.25) is 4.77 Å². The fraction of sp³-hybridized carbons (Fsp3) is 0.294. The summed E-state index contributed by atoms with van der Waals surface area (Å²) in [6.45, 7) is -0.442. The average molecular weight is 418 g/mol. The molecule has 0 saturated carbocycles. The van der Waals surface area contributed by atoms with Crippen molar-refractivity contribution in [3.8, 4) is 11.4 Å². The first-order valence-corrected chi connectivity index (χ1v) is 9.12. The molecule has 1 aliphatic heterocycles. The van der Waals surface area contributed by atoms with Crippen LogP contribution in [-0.2, 0) is 4.74 Å². The van der Waals surface area contributed by atoms with E-state index >= 15 is 0 Å². The number of imidazole rings is 1. The van der Waals surface area contributed by atoms with Crippen molar-refractivity contribution in [3.63, 3.8) is 0 Å². The van der Waals surface area contributed by atoms with Gasteiger partial charge in [0.1, 0.15) is 24.1 Å². The standard InChI is InChI=1S/C17H15FN6O4S/c18-8-3-1-7(2-4-8)13-21-22-15-10-14(20-17(29)24(13)15)23(6-19-10)16-12(27)11(26)9(5-25)28-16/h1-4,6,9,11-12,16,22,25-27H,5H2/t9-,11-,12-,16-/m1/s1. The number of fused-ring (bicyclic) bond motifs is 3. The minimum atomic E-state index is -1.28. The zero-order chi connectivity index (χ0) is 20.3. The molecule has 0 amide bonds. The number of hydrogen-bond donors (Lipinski definition) is 4. The molecule has 10 nitrogen and oxygen atoms in total. The van der Waals surface area contributed by atoms with Crippen molar-refractivity contribution in [2.45, 2.75) is 24.5 Å². The number of aromatic nitrogens is 6. The summed E-state index contributed by atoms with van der Waals surface area (Å²) in [5.41, 5.74) is 1.83. The van der Waals surface area contributed by atoms with Crippen LogP contribution in [0.2, 0.25) is 0 Å². The van der Waals surface area contributed by atoms with Crippen LogP contribution in [0, 0.1) is 10.6 Å². The Bertz CT molecular complexity index is 1270. The van der Waals surface area contributed by atoms with Crippen molar-refractivity contribution >= 4 is 29.0 Å². The Kier molecular flexibility index (Phi) is 4.18. The van der Waals surface area contributed by atoms with Gasteiger partial charge in [-0.15, -0.1) is 0 Å². The monoisotopic (exact) mass is 418 g/mol. The van der Waals surface area contributed by atoms with Gasteiger partial charge in [0.05, 0.1) is 12.9 Å². The second kappa shape index (κ2) is 6.64. The van der Waals surface area contributed by atoms with Crippen molar-refractivity contribution < 1.29 is 24.4 Å². The summed E-state index contributed by atoms with van der Waals surface area (Å²) >= 11 is 5.43. The number of aliphatic hydroxyl groups excluding tert-OH is 3. The quantitative estimate of drug-likeness (QED) is 0.355. The molecule has 4 aromatic rings. The van der Waals surface area contributed by atoms with Crippen molar-refractivity contribution in [1.29, 1.82) is 0 Å². The lowest BCUT2D eigenvalue weighted by molar-refractivity contribution is -0.0511. The minimum Gasteiger partial charge on any atom is -0.394 e. The molecule has 1 saturated heterocycles. The Hall–Kier alpha value is -2.77. The van der Waals surface area contributed by atoms with Gasteiger partial charge >= 0.3 is 0 Å². The lowest BCUT2D eigenvalue weighted by atomic mass is 10.1. The molecule has 12 heteroatoms. The van der Waals surface area contributed by atoms with Crippen LogP contribution in [0.15, 0.2) is 30.6 Å². The topological polar surface area (TPSA) is 134 Å². The predicted octanol–water partition coefficient (Wildman–Crippen LogP) is 0.554. The maximum absolute atomic E-state index is 13.2. The molecule has 150 valence electrons. The highest BCUT2D eigenvalue weighted by Gasteiger charge is 2.44. The minimum absolute atomic E-state index is 0.161. The molecule has 29 heavy (non-hydrogen) atoms. The third-order valence-corrected chi connectivity index (χ3v) is 5.26. The first kappa shape index (κ1) is 18.3. The van der Waals surface area contributed by atoms with Gasteiger partial charge in [0.25, 0.3) is 0 Å². The summed E-state index contributed by atoms with van der Waals surface area (Å²) in [6, 6.07) is 5.80. The van der Waals surface area contributed by atoms with E-state index in [2.05, 4.69) is 20.2 Å². The second-order valence-corrected chi connectivity index (χ2v) is 7.05. The fourth-order valence-electron chi connectivity index (χ4n) is 3.52. The number of nitrogens with zero attached hydrogens (tertiary/aromatic N) is 5. The lowest BCUT2D eigenvalue weighted by Gasteiger charge is -2.16. The van der Waals surface area contributed by atoms with Gasteiger partial charge in [-0.05, 0) is 36.5 Å². The molecule has 1 fully saturated rings. The van der Waals surface area contributed by atoms with Crippen LogP contribution in [0.25, 0.3) is 28.2 Å². The third kappa shape index (κ3) is 2.68. The Morgan fingerprint density at radius 1 is 1.21 bits per heavy atom. The van der Waals surface area contributed by atoms with E-state index in [1.165, 1.54) is 23.0 Å². The molecule has 1 aliphatic rings. The highest BCUT2D eigenvalue weighted by Crippen LogP contribution is 2.32. The average Bonchev–Trinajstić information content (AvgIpc) is 3.40. The molecule has 0 bridgehead atoms. The Morgan fingerprint density at radius 2 is 1.97 bits per heavy atom. The number of H-pyrrole nitrogens is 1. The lowest BCUT2D eigenvalue weighted by Crippen LogP contribution is -2.33. The van der Waals surface area contributed by atoms with Gasteiger partial charge < -0.3 is 20.1 Å². The summed E-state index contributed by atoms with van der Waals surface area (Å²) in [4.78, 5) is 8.73. The number of ether oxygens (including phenoxy) is 1. The first-order chi connectivity index (χ1) is 14.0. The van der Waals surface area contributed by atoms with Crippen LogP contribution in [0.1, 0.15) is 6.23 Å². The third-order valence-electron chi connectivity index (χ3n) is 4.98. The van der Waals surface area contributed by atoms with Crippen LogP contribution in [-0.4, -0.2) is 69.4 Å². The highest BCUT2D eigenvalue weighted by molar-refractivity contribution is 7.71. The number of hydrogen-bond acceptors (Lipinski definition) is 8. The van der Waals surface area contributed by atoms with E-state index < -0.39 is 31.1 Å². The van der Waals surface area contributed by atoms with Gasteiger partial charge in [-0.1, -0.05) is 0 Å². The molecule has 1 aromatic carbocycles. The van der Waals surface area contributed by atoms with Crippen molar-refractivity contribution in [2.24, 2.45) is 0 Å². The van der Waals surface area contributed by atoms with Crippen molar-refractivity contribution in [2.75, 3.05) is 6.61 Å². The maximum Gasteiger partial charge on any atom is 0.209 e. The molecule has 3 aromatic heterocycles. The van der Waals surface area contributed by atoms with Crippen molar-refractivity contribution in [3.05, 3.63) is 41.2 Å². The molecule has 0 aliphatic carbocycles. The smallest absolute Gasteiger partial charge is 0.209 e. The number of nitrogens with one attached hydrogen (secondary N) is 1. The Morgan fingerprint density at radius 3 is 2.66 bits per heavy atom. The molecular formula is C17H15FN6O4S. The molecule has 0 spiro atoms. The van der Waals surface area contributed by atoms with E-state index in [0.717, 1.165) is 0 Å². The number of aromatic amines is 1. The molecule has 4 atom stereocenters. The highest BCUT2D eigenvalue weighted by atomic mass is 32.1. The molecule has 5 rings (SSSR count). The Labute approximate surface area is 166 Å².